The maximum Gasteiger partial charge on any atom is 0.436 e. The molecule has 0 fully saturated rings. The van der Waals surface area contributed by atoms with Crippen LogP contribution in [0.4, 0.5) is 4.79 Å². The Bertz CT molecular complexity index is 904. The molecule has 0 saturated heterocycles. The summed E-state index contributed by atoms with van der Waals surface area (Å²) >= 11 is 0. The molecule has 0 radical (unpaired) electrons. The van der Waals surface area contributed by atoms with Crippen molar-refractivity contribution in [2.24, 2.45) is 21.6 Å². The van der Waals surface area contributed by atoms with Crippen molar-refractivity contribution in [1.29, 1.82) is 0 Å². The molecule has 174 valence electrons. The minimum atomic E-state index is -0.926. The van der Waals surface area contributed by atoms with Gasteiger partial charge < -0.3 is 31.1 Å². The number of amides is 2. The first kappa shape index (κ1) is 24.8. The lowest BCUT2D eigenvalue weighted by Crippen LogP contribution is -2.43. The maximum absolute atomic E-state index is 12.0. The topological polar surface area (TPSA) is 168 Å². The zero-order chi connectivity index (χ0) is 23.9. The molecule has 0 bridgehead atoms. The summed E-state index contributed by atoms with van der Waals surface area (Å²) in [5, 5.41) is 6.61. The number of amidine groups is 1. The Morgan fingerprint density at radius 3 is 2.53 bits per heavy atom. The van der Waals surface area contributed by atoms with Crippen LogP contribution in [0.5, 0.6) is 0 Å². The quantitative estimate of drug-likeness (QED) is 0.314. The van der Waals surface area contributed by atoms with Crippen LogP contribution in [0.1, 0.15) is 44.7 Å². The fourth-order valence-electron chi connectivity index (χ4n) is 2.73. The molecule has 11 nitrogen and oxygen atoms in total. The molecule has 0 spiro atoms. The largest absolute Gasteiger partial charge is 0.468 e. The average Bonchev–Trinajstić information content (AvgIpc) is 3.18. The summed E-state index contributed by atoms with van der Waals surface area (Å²) < 4.78 is 9.63. The molecule has 1 aliphatic rings. The van der Waals surface area contributed by atoms with Gasteiger partial charge in [-0.2, -0.15) is 4.99 Å². The molecule has 11 heteroatoms. The summed E-state index contributed by atoms with van der Waals surface area (Å²) in [4.78, 5) is 44.2. The monoisotopic (exact) mass is 447 g/mol. The molecule has 5 N–H and O–H groups in total. The number of nitrogens with zero attached hydrogens (tertiary/aromatic N) is 2. The Labute approximate surface area is 186 Å². The number of nitrogens with one attached hydrogen (secondary N) is 1. The highest BCUT2D eigenvalue weighted by Crippen LogP contribution is 2.19. The first-order valence-electron chi connectivity index (χ1n) is 9.99. The van der Waals surface area contributed by atoms with Crippen molar-refractivity contribution >= 4 is 29.5 Å². The fraction of sp³-hybridized carbons (Fsp3) is 0.476. The van der Waals surface area contributed by atoms with Gasteiger partial charge in [0, 0.05) is 18.5 Å². The summed E-state index contributed by atoms with van der Waals surface area (Å²) in [5.41, 5.74) is 12.8. The number of rotatable bonds is 7. The van der Waals surface area contributed by atoms with Crippen molar-refractivity contribution in [3.8, 4) is 0 Å². The number of carbonyl (C=O) groups excluding carboxylic acids is 3. The molecule has 1 aromatic carbocycles. The molecule has 1 heterocycles. The molecule has 1 aromatic rings. The van der Waals surface area contributed by atoms with E-state index in [0.29, 0.717) is 17.7 Å². The number of nitrogens with two attached hydrogens (primary N) is 2. The molecule has 32 heavy (non-hydrogen) atoms. The van der Waals surface area contributed by atoms with Crippen molar-refractivity contribution in [3.05, 3.63) is 35.4 Å². The van der Waals surface area contributed by atoms with Crippen molar-refractivity contribution in [1.82, 2.24) is 5.32 Å². The van der Waals surface area contributed by atoms with E-state index in [2.05, 4.69) is 20.2 Å². The van der Waals surface area contributed by atoms with Crippen LogP contribution in [0.25, 0.3) is 0 Å². The number of oxime groups is 1. The maximum atomic E-state index is 12.0. The zero-order valence-corrected chi connectivity index (χ0v) is 18.6. The standard InChI is InChI=1S/C21H29N5O6/c1-21(2,3)31-20(29)25-18(23)13-7-5-12(6-8-13)16-9-14(32-26-16)10-17(27)24-11-15(22)19(28)30-4/h5-8,14-15H,9-11,22H2,1-4H3,(H,24,27)(H2,23,25,29)/t14?,15-/m0/s1. The van der Waals surface area contributed by atoms with Gasteiger partial charge in [0.2, 0.25) is 5.91 Å². The van der Waals surface area contributed by atoms with Crippen molar-refractivity contribution in [2.45, 2.75) is 51.4 Å². The molecule has 0 aromatic heterocycles. The normalized spacial score (nSPS) is 17.1. The molecule has 2 rings (SSSR count). The summed E-state index contributed by atoms with van der Waals surface area (Å²) in [5.74, 6) is -0.879. The first-order chi connectivity index (χ1) is 15.0. The number of hydrogen-bond donors (Lipinski definition) is 3. The van der Waals surface area contributed by atoms with Gasteiger partial charge in [-0.3, -0.25) is 9.59 Å². The predicted octanol–water partition coefficient (Wildman–Crippen LogP) is 0.827. The number of methoxy groups -OCH3 is 1. The van der Waals surface area contributed by atoms with Gasteiger partial charge in [-0.15, -0.1) is 0 Å². The van der Waals surface area contributed by atoms with E-state index in [0.717, 1.165) is 5.56 Å². The molecular weight excluding hydrogens is 418 g/mol. The molecule has 2 atom stereocenters. The summed E-state index contributed by atoms with van der Waals surface area (Å²) in [6, 6.07) is 6.02. The Hall–Kier alpha value is -3.47. The van der Waals surface area contributed by atoms with Crippen molar-refractivity contribution in [2.75, 3.05) is 13.7 Å². The summed E-state index contributed by atoms with van der Waals surface area (Å²) in [6.07, 6.45) is -0.703. The highest BCUT2D eigenvalue weighted by atomic mass is 16.6. The van der Waals surface area contributed by atoms with E-state index >= 15 is 0 Å². The average molecular weight is 447 g/mol. The van der Waals surface area contributed by atoms with Gasteiger partial charge >= 0.3 is 12.1 Å². The minimum absolute atomic E-state index is 0.0281. The minimum Gasteiger partial charge on any atom is -0.468 e. The van der Waals surface area contributed by atoms with E-state index in [1.807, 2.05) is 0 Å². The van der Waals surface area contributed by atoms with E-state index in [4.69, 9.17) is 21.0 Å². The molecule has 1 aliphatic heterocycles. The highest BCUT2D eigenvalue weighted by molar-refractivity contribution is 6.05. The van der Waals surface area contributed by atoms with Gasteiger partial charge in [0.25, 0.3) is 0 Å². The smallest absolute Gasteiger partial charge is 0.436 e. The van der Waals surface area contributed by atoms with Gasteiger partial charge in [-0.25, -0.2) is 4.79 Å². The summed E-state index contributed by atoms with van der Waals surface area (Å²) in [7, 11) is 1.23. The van der Waals surface area contributed by atoms with E-state index in [-0.39, 0.29) is 24.7 Å². The van der Waals surface area contributed by atoms with E-state index in [1.54, 1.807) is 45.0 Å². The molecular formula is C21H29N5O6. The molecule has 2 amide bonds. The van der Waals surface area contributed by atoms with Crippen molar-refractivity contribution < 1.29 is 28.7 Å². The first-order valence-corrected chi connectivity index (χ1v) is 9.99. The Kier molecular flexibility index (Phi) is 8.30. The number of ether oxygens (including phenoxy) is 2. The van der Waals surface area contributed by atoms with E-state index in [9.17, 15) is 14.4 Å². The summed E-state index contributed by atoms with van der Waals surface area (Å²) in [6.45, 7) is 5.19. The number of benzene rings is 1. The third kappa shape index (κ3) is 7.65. The van der Waals surface area contributed by atoms with Crippen LogP contribution in [0.2, 0.25) is 0 Å². The van der Waals surface area contributed by atoms with Crippen molar-refractivity contribution in [3.63, 3.8) is 0 Å². The van der Waals surface area contributed by atoms with Crippen LogP contribution in [-0.4, -0.2) is 60.9 Å². The van der Waals surface area contributed by atoms with Crippen LogP contribution in [0.15, 0.2) is 34.4 Å². The van der Waals surface area contributed by atoms with Gasteiger partial charge in [0.05, 0.1) is 19.2 Å². The second-order valence-electron chi connectivity index (χ2n) is 8.16. The van der Waals surface area contributed by atoms with Gasteiger partial charge in [-0.05, 0) is 26.3 Å². The van der Waals surface area contributed by atoms with Crippen LogP contribution in [0, 0.1) is 0 Å². The number of carbonyl (C=O) groups is 3. The SMILES string of the molecule is COC(=O)[C@@H](N)CNC(=O)CC1CC(c2ccc(/C(N)=N/C(=O)OC(C)(C)C)cc2)=NO1. The van der Waals surface area contributed by atoms with E-state index in [1.165, 1.54) is 7.11 Å². The number of hydrogen-bond acceptors (Lipinski definition) is 8. The molecule has 0 saturated carbocycles. The predicted molar refractivity (Wildman–Crippen MR) is 117 cm³/mol. The number of aliphatic imine (C=N–C) groups is 1. The Morgan fingerprint density at radius 1 is 1.28 bits per heavy atom. The second kappa shape index (κ2) is 10.7. The van der Waals surface area contributed by atoms with Gasteiger partial charge in [-0.1, -0.05) is 29.4 Å². The van der Waals surface area contributed by atoms with E-state index < -0.39 is 29.8 Å². The van der Waals surface area contributed by atoms with Crippen LogP contribution >= 0.6 is 0 Å². The van der Waals surface area contributed by atoms with Crippen LogP contribution in [-0.2, 0) is 23.9 Å². The second-order valence-corrected chi connectivity index (χ2v) is 8.16. The lowest BCUT2D eigenvalue weighted by Gasteiger charge is -2.17. The Balaban J connectivity index is 1.87. The third-order valence-corrected chi connectivity index (χ3v) is 4.29. The highest BCUT2D eigenvalue weighted by Gasteiger charge is 2.25. The zero-order valence-electron chi connectivity index (χ0n) is 18.6. The lowest BCUT2D eigenvalue weighted by atomic mass is 10.0. The molecule has 0 aliphatic carbocycles. The van der Waals surface area contributed by atoms with Gasteiger partial charge in [0.15, 0.2) is 0 Å². The third-order valence-electron chi connectivity index (χ3n) is 4.29. The number of esters is 1. The molecule has 1 unspecified atom stereocenters. The van der Waals surface area contributed by atoms with Crippen LogP contribution < -0.4 is 16.8 Å². The fourth-order valence-corrected chi connectivity index (χ4v) is 2.73. The Morgan fingerprint density at radius 2 is 1.94 bits per heavy atom. The van der Waals surface area contributed by atoms with Crippen LogP contribution in [0.3, 0.4) is 0 Å². The lowest BCUT2D eigenvalue weighted by molar-refractivity contribution is -0.142. The van der Waals surface area contributed by atoms with Gasteiger partial charge in [0.1, 0.15) is 23.6 Å².